The highest BCUT2D eigenvalue weighted by molar-refractivity contribution is 6.08. The number of likely N-dealkylation sites (tertiary alicyclic amines) is 1. The Labute approximate surface area is 175 Å². The number of anilines is 1. The molecule has 0 aliphatic carbocycles. The normalized spacial score (nSPS) is 17.3. The fraction of sp³-hybridized carbons (Fsp3) is 0.348. The first-order chi connectivity index (χ1) is 14.2. The number of urea groups is 1. The van der Waals surface area contributed by atoms with Gasteiger partial charge in [0, 0.05) is 5.69 Å². The van der Waals surface area contributed by atoms with Crippen LogP contribution in [0.3, 0.4) is 0 Å². The van der Waals surface area contributed by atoms with E-state index < -0.39 is 23.6 Å². The van der Waals surface area contributed by atoms with Crippen LogP contribution in [0.1, 0.15) is 48.2 Å². The standard InChI is InChI=1S/C23H26N2O5/c1-5-23(6-2)20(28)25(22(29)24-18-12-7-14(3)13-15(18)4)21(23)30-17-10-8-16(9-11-17)19(26)27/h7-13,21H,5-6H2,1-4H3,(H,24,29)(H,26,27). The molecule has 3 rings (SSSR count). The van der Waals surface area contributed by atoms with Crippen molar-refractivity contribution < 1.29 is 24.2 Å². The smallest absolute Gasteiger partial charge is 0.335 e. The maximum Gasteiger partial charge on any atom is 0.335 e. The second kappa shape index (κ2) is 8.18. The van der Waals surface area contributed by atoms with Crippen LogP contribution >= 0.6 is 0 Å². The maximum absolute atomic E-state index is 13.0. The number of hydrogen-bond donors (Lipinski definition) is 2. The minimum Gasteiger partial charge on any atom is -0.478 e. The van der Waals surface area contributed by atoms with Crippen LogP contribution in [0.2, 0.25) is 0 Å². The Balaban J connectivity index is 1.85. The van der Waals surface area contributed by atoms with Gasteiger partial charge in [-0.15, -0.1) is 0 Å². The van der Waals surface area contributed by atoms with Gasteiger partial charge in [-0.3, -0.25) is 4.79 Å². The van der Waals surface area contributed by atoms with Gasteiger partial charge in [0.05, 0.1) is 5.56 Å². The van der Waals surface area contributed by atoms with Crippen molar-refractivity contribution in [2.75, 3.05) is 5.32 Å². The number of hydrogen-bond acceptors (Lipinski definition) is 4. The predicted molar refractivity (Wildman–Crippen MR) is 113 cm³/mol. The summed E-state index contributed by atoms with van der Waals surface area (Å²) >= 11 is 0. The number of rotatable bonds is 6. The Morgan fingerprint density at radius 2 is 1.73 bits per heavy atom. The molecule has 1 fully saturated rings. The maximum atomic E-state index is 13.0. The second-order valence-electron chi connectivity index (χ2n) is 7.59. The van der Waals surface area contributed by atoms with E-state index in [0.717, 1.165) is 16.0 Å². The average Bonchev–Trinajstić information content (AvgIpc) is 2.71. The summed E-state index contributed by atoms with van der Waals surface area (Å²) in [5.41, 5.74) is 1.94. The summed E-state index contributed by atoms with van der Waals surface area (Å²) in [6.07, 6.45) is 0.266. The van der Waals surface area contributed by atoms with Gasteiger partial charge in [0.25, 0.3) is 0 Å². The van der Waals surface area contributed by atoms with Crippen molar-refractivity contribution >= 4 is 23.6 Å². The van der Waals surface area contributed by atoms with Gasteiger partial charge in [0.1, 0.15) is 11.2 Å². The summed E-state index contributed by atoms with van der Waals surface area (Å²) in [5.74, 6) is -0.915. The van der Waals surface area contributed by atoms with Crippen molar-refractivity contribution in [2.45, 2.75) is 46.8 Å². The third-order valence-electron chi connectivity index (χ3n) is 5.81. The van der Waals surface area contributed by atoms with Gasteiger partial charge in [-0.2, -0.15) is 0 Å². The predicted octanol–water partition coefficient (Wildman–Crippen LogP) is 4.59. The highest BCUT2D eigenvalue weighted by atomic mass is 16.5. The van der Waals surface area contributed by atoms with Crippen LogP contribution in [0.5, 0.6) is 5.75 Å². The van der Waals surface area contributed by atoms with Gasteiger partial charge in [-0.25, -0.2) is 14.5 Å². The number of benzene rings is 2. The van der Waals surface area contributed by atoms with Gasteiger partial charge in [-0.05, 0) is 62.6 Å². The summed E-state index contributed by atoms with van der Waals surface area (Å²) in [6.45, 7) is 7.64. The lowest BCUT2D eigenvalue weighted by molar-refractivity contribution is -0.190. The zero-order chi connectivity index (χ0) is 22.1. The first kappa shape index (κ1) is 21.4. The summed E-state index contributed by atoms with van der Waals surface area (Å²) < 4.78 is 6.03. The summed E-state index contributed by atoms with van der Waals surface area (Å²) in [5, 5.41) is 11.9. The van der Waals surface area contributed by atoms with Crippen molar-refractivity contribution in [2.24, 2.45) is 5.41 Å². The highest BCUT2D eigenvalue weighted by Crippen LogP contribution is 2.46. The average molecular weight is 410 g/mol. The number of carboxylic acid groups (broad SMARTS) is 1. The number of aromatic carboxylic acids is 1. The minimum atomic E-state index is -1.04. The quantitative estimate of drug-likeness (QED) is 0.679. The molecular weight excluding hydrogens is 384 g/mol. The molecule has 2 aromatic carbocycles. The van der Waals surface area contributed by atoms with E-state index in [1.807, 2.05) is 39.8 Å². The summed E-state index contributed by atoms with van der Waals surface area (Å²) in [4.78, 5) is 38.1. The molecule has 1 heterocycles. The monoisotopic (exact) mass is 410 g/mol. The summed E-state index contributed by atoms with van der Waals surface area (Å²) in [7, 11) is 0. The van der Waals surface area contributed by atoms with Gasteiger partial charge in [-0.1, -0.05) is 31.5 Å². The highest BCUT2D eigenvalue weighted by Gasteiger charge is 2.63. The SMILES string of the molecule is CCC1(CC)C(=O)N(C(=O)Nc2ccc(C)cc2C)C1Oc1ccc(C(=O)O)cc1. The van der Waals surface area contributed by atoms with Gasteiger partial charge in [0.15, 0.2) is 6.23 Å². The Bertz CT molecular complexity index is 980. The molecule has 0 spiro atoms. The fourth-order valence-electron chi connectivity index (χ4n) is 3.83. The van der Waals surface area contributed by atoms with Gasteiger partial charge in [0.2, 0.25) is 5.91 Å². The number of nitrogens with zero attached hydrogens (tertiary/aromatic N) is 1. The third kappa shape index (κ3) is 3.63. The molecule has 1 aliphatic rings. The van der Waals surface area contributed by atoms with E-state index in [0.29, 0.717) is 24.3 Å². The van der Waals surface area contributed by atoms with Gasteiger partial charge < -0.3 is 15.2 Å². The zero-order valence-electron chi connectivity index (χ0n) is 17.6. The molecule has 1 saturated heterocycles. The van der Waals surface area contributed by atoms with Crippen LogP contribution in [0.4, 0.5) is 10.5 Å². The van der Waals surface area contributed by atoms with Crippen LogP contribution in [0.15, 0.2) is 42.5 Å². The minimum absolute atomic E-state index is 0.133. The van der Waals surface area contributed by atoms with E-state index in [4.69, 9.17) is 9.84 Å². The fourth-order valence-corrected chi connectivity index (χ4v) is 3.83. The Morgan fingerprint density at radius 3 is 2.27 bits per heavy atom. The van der Waals surface area contributed by atoms with E-state index in [1.165, 1.54) is 24.3 Å². The topological polar surface area (TPSA) is 95.9 Å². The number of imide groups is 1. The van der Waals surface area contributed by atoms with Crippen LogP contribution in [-0.2, 0) is 4.79 Å². The Kier molecular flexibility index (Phi) is 5.82. The molecular formula is C23H26N2O5. The van der Waals surface area contributed by atoms with Crippen molar-refractivity contribution in [3.8, 4) is 5.75 Å². The molecule has 7 nitrogen and oxygen atoms in total. The van der Waals surface area contributed by atoms with E-state index in [-0.39, 0.29) is 11.5 Å². The number of carbonyl (C=O) groups is 3. The van der Waals surface area contributed by atoms with Crippen LogP contribution in [0, 0.1) is 19.3 Å². The number of ether oxygens (including phenoxy) is 1. The molecule has 2 aromatic rings. The third-order valence-corrected chi connectivity index (χ3v) is 5.81. The van der Waals surface area contributed by atoms with Crippen molar-refractivity contribution in [1.29, 1.82) is 0 Å². The van der Waals surface area contributed by atoms with E-state index in [2.05, 4.69) is 5.32 Å². The molecule has 1 aliphatic heterocycles. The number of carboxylic acids is 1. The Morgan fingerprint density at radius 1 is 1.10 bits per heavy atom. The van der Waals surface area contributed by atoms with E-state index >= 15 is 0 Å². The molecule has 158 valence electrons. The largest absolute Gasteiger partial charge is 0.478 e. The molecule has 0 bridgehead atoms. The van der Waals surface area contributed by atoms with Crippen molar-refractivity contribution in [1.82, 2.24) is 4.90 Å². The van der Waals surface area contributed by atoms with Crippen LogP contribution in [-0.4, -0.2) is 34.1 Å². The number of amides is 3. The molecule has 0 radical (unpaired) electrons. The number of nitrogens with one attached hydrogen (secondary N) is 1. The molecule has 1 atom stereocenters. The first-order valence-electron chi connectivity index (χ1n) is 9.95. The zero-order valence-corrected chi connectivity index (χ0v) is 17.6. The molecule has 30 heavy (non-hydrogen) atoms. The summed E-state index contributed by atoms with van der Waals surface area (Å²) in [6, 6.07) is 11.0. The second-order valence-corrected chi connectivity index (χ2v) is 7.59. The molecule has 0 saturated carbocycles. The molecule has 7 heteroatoms. The van der Waals surface area contributed by atoms with Crippen molar-refractivity contribution in [3.63, 3.8) is 0 Å². The molecule has 2 N–H and O–H groups in total. The lowest BCUT2D eigenvalue weighted by Crippen LogP contribution is -2.73. The number of β-lactam (4-membered cyclic amide) rings is 1. The molecule has 0 aromatic heterocycles. The van der Waals surface area contributed by atoms with Crippen molar-refractivity contribution in [3.05, 3.63) is 59.2 Å². The Hall–Kier alpha value is -3.35. The van der Waals surface area contributed by atoms with Crippen LogP contribution < -0.4 is 10.1 Å². The van der Waals surface area contributed by atoms with Crippen LogP contribution in [0.25, 0.3) is 0 Å². The lowest BCUT2D eigenvalue weighted by atomic mass is 9.72. The first-order valence-corrected chi connectivity index (χ1v) is 9.95. The number of aryl methyl sites for hydroxylation is 2. The van der Waals surface area contributed by atoms with E-state index in [9.17, 15) is 14.4 Å². The van der Waals surface area contributed by atoms with Gasteiger partial charge >= 0.3 is 12.0 Å². The van der Waals surface area contributed by atoms with E-state index in [1.54, 1.807) is 6.07 Å². The molecule has 3 amide bonds. The lowest BCUT2D eigenvalue weighted by Gasteiger charge is -2.53. The molecule has 1 unspecified atom stereocenters. The number of carbonyl (C=O) groups excluding carboxylic acids is 2.